The Bertz CT molecular complexity index is 164. The number of nitrogens with zero attached hydrogens (tertiary/aromatic N) is 1. The normalized spacial score (nSPS) is 20.2. The third-order valence-electron chi connectivity index (χ3n) is 3.93. The van der Waals surface area contributed by atoms with Crippen molar-refractivity contribution in [3.63, 3.8) is 0 Å². The van der Waals surface area contributed by atoms with Gasteiger partial charge in [0, 0.05) is 6.54 Å². The van der Waals surface area contributed by atoms with E-state index in [-0.39, 0.29) is 0 Å². The van der Waals surface area contributed by atoms with E-state index in [0.717, 1.165) is 12.5 Å². The smallest absolute Gasteiger partial charge is 0.000661 e. The van der Waals surface area contributed by atoms with E-state index in [1.165, 1.54) is 58.0 Å². The Balaban J connectivity index is 2.03. The Morgan fingerprint density at radius 1 is 1.25 bits per heavy atom. The third kappa shape index (κ3) is 5.86. The van der Waals surface area contributed by atoms with Crippen LogP contribution in [0.25, 0.3) is 0 Å². The highest BCUT2D eigenvalue weighted by molar-refractivity contribution is 4.69. The van der Waals surface area contributed by atoms with Crippen LogP contribution in [0.4, 0.5) is 0 Å². The molecule has 1 aliphatic rings. The second-order valence-electron chi connectivity index (χ2n) is 5.75. The van der Waals surface area contributed by atoms with Crippen LogP contribution < -0.4 is 5.73 Å². The van der Waals surface area contributed by atoms with E-state index in [9.17, 15) is 0 Å². The fraction of sp³-hybridized carbons (Fsp3) is 1.00. The van der Waals surface area contributed by atoms with Crippen LogP contribution in [0.1, 0.15) is 51.9 Å². The van der Waals surface area contributed by atoms with Gasteiger partial charge in [-0.25, -0.2) is 0 Å². The lowest BCUT2D eigenvalue weighted by atomic mass is 9.89. The van der Waals surface area contributed by atoms with Crippen molar-refractivity contribution in [2.45, 2.75) is 51.9 Å². The zero-order valence-corrected chi connectivity index (χ0v) is 11.3. The lowest BCUT2D eigenvalue weighted by molar-refractivity contribution is 0.228. The van der Waals surface area contributed by atoms with Gasteiger partial charge in [0.05, 0.1) is 0 Å². The summed E-state index contributed by atoms with van der Waals surface area (Å²) in [5.41, 5.74) is 5.62. The molecule has 0 aromatic heterocycles. The summed E-state index contributed by atoms with van der Waals surface area (Å²) in [6.07, 6.45) is 9.90. The van der Waals surface area contributed by atoms with Crippen LogP contribution in [0, 0.1) is 11.8 Å². The minimum Gasteiger partial charge on any atom is -0.330 e. The van der Waals surface area contributed by atoms with Crippen LogP contribution >= 0.6 is 0 Å². The highest BCUT2D eigenvalue weighted by atomic mass is 15.1. The van der Waals surface area contributed by atoms with Crippen LogP contribution in [0.5, 0.6) is 0 Å². The van der Waals surface area contributed by atoms with Crippen LogP contribution in [-0.2, 0) is 0 Å². The predicted octanol–water partition coefficient (Wildman–Crippen LogP) is 2.87. The fourth-order valence-electron chi connectivity index (χ4n) is 2.73. The molecule has 1 fully saturated rings. The SMILES string of the molecule is CC(CN)CCCN(C)CC1CCCCC1. The first kappa shape index (κ1) is 14.0. The minimum absolute atomic E-state index is 0.697. The highest BCUT2D eigenvalue weighted by Crippen LogP contribution is 2.24. The molecule has 1 aliphatic carbocycles. The first-order chi connectivity index (χ1) is 7.72. The van der Waals surface area contributed by atoms with Gasteiger partial charge in [0.2, 0.25) is 0 Å². The number of hydrogen-bond acceptors (Lipinski definition) is 2. The summed E-state index contributed by atoms with van der Waals surface area (Å²) in [7, 11) is 2.28. The first-order valence-electron chi connectivity index (χ1n) is 7.11. The predicted molar refractivity (Wildman–Crippen MR) is 71.5 cm³/mol. The summed E-state index contributed by atoms with van der Waals surface area (Å²) in [6.45, 7) is 5.66. The van der Waals surface area contributed by atoms with Crippen molar-refractivity contribution in [1.82, 2.24) is 4.90 Å². The summed E-state index contributed by atoms with van der Waals surface area (Å²) >= 11 is 0. The summed E-state index contributed by atoms with van der Waals surface area (Å²) in [4.78, 5) is 2.53. The molecule has 2 heteroatoms. The van der Waals surface area contributed by atoms with E-state index in [2.05, 4.69) is 18.9 Å². The molecule has 1 saturated carbocycles. The molecular formula is C14H30N2. The monoisotopic (exact) mass is 226 g/mol. The lowest BCUT2D eigenvalue weighted by Crippen LogP contribution is -2.28. The molecule has 1 atom stereocenters. The Hall–Kier alpha value is -0.0800. The molecule has 0 aromatic carbocycles. The summed E-state index contributed by atoms with van der Waals surface area (Å²) < 4.78 is 0. The highest BCUT2D eigenvalue weighted by Gasteiger charge is 2.15. The molecule has 96 valence electrons. The molecular weight excluding hydrogens is 196 g/mol. The Labute approximate surface area is 102 Å². The Kier molecular flexibility index (Phi) is 7.06. The van der Waals surface area contributed by atoms with E-state index in [1.807, 2.05) is 0 Å². The zero-order chi connectivity index (χ0) is 11.8. The van der Waals surface area contributed by atoms with Crippen LogP contribution in [0.15, 0.2) is 0 Å². The number of hydrogen-bond donors (Lipinski definition) is 1. The molecule has 0 aromatic rings. The van der Waals surface area contributed by atoms with E-state index >= 15 is 0 Å². The van der Waals surface area contributed by atoms with Gasteiger partial charge in [-0.05, 0) is 57.7 Å². The van der Waals surface area contributed by atoms with Crippen molar-refractivity contribution >= 4 is 0 Å². The first-order valence-corrected chi connectivity index (χ1v) is 7.11. The molecule has 0 spiro atoms. The molecule has 16 heavy (non-hydrogen) atoms. The molecule has 0 bridgehead atoms. The van der Waals surface area contributed by atoms with Crippen LogP contribution in [0.2, 0.25) is 0 Å². The number of nitrogens with two attached hydrogens (primary N) is 1. The average Bonchev–Trinajstić information content (AvgIpc) is 2.30. The van der Waals surface area contributed by atoms with Gasteiger partial charge in [-0.2, -0.15) is 0 Å². The van der Waals surface area contributed by atoms with Gasteiger partial charge in [-0.3, -0.25) is 0 Å². The molecule has 0 heterocycles. The quantitative estimate of drug-likeness (QED) is 0.723. The van der Waals surface area contributed by atoms with Crippen molar-refractivity contribution in [3.05, 3.63) is 0 Å². The molecule has 1 rings (SSSR count). The largest absolute Gasteiger partial charge is 0.330 e. The van der Waals surface area contributed by atoms with Gasteiger partial charge in [0.1, 0.15) is 0 Å². The zero-order valence-electron chi connectivity index (χ0n) is 11.3. The molecule has 1 unspecified atom stereocenters. The summed E-state index contributed by atoms with van der Waals surface area (Å²) in [5.74, 6) is 1.67. The second-order valence-corrected chi connectivity index (χ2v) is 5.75. The molecule has 0 radical (unpaired) electrons. The Morgan fingerprint density at radius 3 is 2.56 bits per heavy atom. The minimum atomic E-state index is 0.697. The number of rotatable bonds is 7. The maximum absolute atomic E-state index is 5.62. The Morgan fingerprint density at radius 2 is 1.94 bits per heavy atom. The topological polar surface area (TPSA) is 29.3 Å². The van der Waals surface area contributed by atoms with Gasteiger partial charge in [0.25, 0.3) is 0 Å². The molecule has 0 saturated heterocycles. The molecule has 2 N–H and O–H groups in total. The average molecular weight is 226 g/mol. The lowest BCUT2D eigenvalue weighted by Gasteiger charge is -2.27. The van der Waals surface area contributed by atoms with Crippen molar-refractivity contribution in [2.75, 3.05) is 26.7 Å². The second kappa shape index (κ2) is 8.08. The fourth-order valence-corrected chi connectivity index (χ4v) is 2.73. The van der Waals surface area contributed by atoms with Gasteiger partial charge in [-0.1, -0.05) is 26.2 Å². The maximum Gasteiger partial charge on any atom is 0.000661 e. The van der Waals surface area contributed by atoms with E-state index in [1.54, 1.807) is 0 Å². The summed E-state index contributed by atoms with van der Waals surface area (Å²) in [5, 5.41) is 0. The molecule has 0 amide bonds. The molecule has 0 aliphatic heterocycles. The van der Waals surface area contributed by atoms with Gasteiger partial charge < -0.3 is 10.6 Å². The van der Waals surface area contributed by atoms with Crippen LogP contribution in [0.3, 0.4) is 0 Å². The van der Waals surface area contributed by atoms with Crippen molar-refractivity contribution in [2.24, 2.45) is 17.6 Å². The van der Waals surface area contributed by atoms with E-state index < -0.39 is 0 Å². The van der Waals surface area contributed by atoms with E-state index in [0.29, 0.717) is 5.92 Å². The maximum atomic E-state index is 5.62. The standard InChI is InChI=1S/C14H30N2/c1-13(11-15)7-6-10-16(2)12-14-8-4-3-5-9-14/h13-14H,3-12,15H2,1-2H3. The third-order valence-corrected chi connectivity index (χ3v) is 3.93. The summed E-state index contributed by atoms with van der Waals surface area (Å²) in [6, 6.07) is 0. The van der Waals surface area contributed by atoms with Crippen molar-refractivity contribution < 1.29 is 0 Å². The van der Waals surface area contributed by atoms with Crippen molar-refractivity contribution in [1.29, 1.82) is 0 Å². The molecule has 2 nitrogen and oxygen atoms in total. The van der Waals surface area contributed by atoms with Gasteiger partial charge in [-0.15, -0.1) is 0 Å². The van der Waals surface area contributed by atoms with Crippen molar-refractivity contribution in [3.8, 4) is 0 Å². The van der Waals surface area contributed by atoms with Gasteiger partial charge >= 0.3 is 0 Å². The van der Waals surface area contributed by atoms with Gasteiger partial charge in [0.15, 0.2) is 0 Å². The van der Waals surface area contributed by atoms with E-state index in [4.69, 9.17) is 5.73 Å². The van der Waals surface area contributed by atoms with Crippen LogP contribution in [-0.4, -0.2) is 31.6 Å².